The molecule has 0 aliphatic carbocycles. The van der Waals surface area contributed by atoms with Crippen molar-refractivity contribution in [2.24, 2.45) is 0 Å². The van der Waals surface area contributed by atoms with Gasteiger partial charge in [-0.3, -0.25) is 19.5 Å². The number of carbonyl (C=O) groups is 3. The van der Waals surface area contributed by atoms with Crippen LogP contribution in [0.5, 0.6) is 0 Å². The SMILES string of the molecule is Cc1c(C(=O)OC(C)C(=O)NC(=O)NC(C)C)sc2nc3n(c(=O)c12)CCC3. The van der Waals surface area contributed by atoms with Crippen LogP contribution in [0.3, 0.4) is 0 Å². The molecule has 3 rings (SSSR count). The van der Waals surface area contributed by atoms with E-state index in [1.165, 1.54) is 6.92 Å². The Morgan fingerprint density at radius 1 is 1.25 bits per heavy atom. The molecule has 3 amide bonds. The van der Waals surface area contributed by atoms with Crippen LogP contribution in [-0.2, 0) is 22.5 Å². The maximum atomic E-state index is 12.7. The molecule has 10 heteroatoms. The van der Waals surface area contributed by atoms with Crippen LogP contribution in [0.1, 0.15) is 48.3 Å². The predicted octanol–water partition coefficient (Wildman–Crippen LogP) is 1.49. The zero-order valence-corrected chi connectivity index (χ0v) is 16.9. The molecule has 0 radical (unpaired) electrons. The quantitative estimate of drug-likeness (QED) is 0.743. The third-order valence-corrected chi connectivity index (χ3v) is 5.57. The van der Waals surface area contributed by atoms with Crippen LogP contribution >= 0.6 is 11.3 Å². The largest absolute Gasteiger partial charge is 0.448 e. The van der Waals surface area contributed by atoms with Gasteiger partial charge in [0.25, 0.3) is 11.5 Å². The van der Waals surface area contributed by atoms with Crippen LogP contribution < -0.4 is 16.2 Å². The molecule has 2 N–H and O–H groups in total. The molecule has 1 unspecified atom stereocenters. The van der Waals surface area contributed by atoms with E-state index in [9.17, 15) is 19.2 Å². The highest BCUT2D eigenvalue weighted by atomic mass is 32.1. The second-order valence-electron chi connectivity index (χ2n) is 6.99. The van der Waals surface area contributed by atoms with Crippen LogP contribution in [0, 0.1) is 6.92 Å². The number of fused-ring (bicyclic) bond motifs is 2. The highest BCUT2D eigenvalue weighted by Crippen LogP contribution is 2.29. The van der Waals surface area contributed by atoms with E-state index in [0.717, 1.165) is 30.0 Å². The molecule has 1 atom stereocenters. The molecular weight excluding hydrogens is 384 g/mol. The van der Waals surface area contributed by atoms with Crippen molar-refractivity contribution in [1.29, 1.82) is 0 Å². The number of aryl methyl sites for hydroxylation is 2. The molecule has 150 valence electrons. The number of nitrogens with zero attached hydrogens (tertiary/aromatic N) is 2. The molecule has 0 aromatic carbocycles. The van der Waals surface area contributed by atoms with Crippen LogP contribution in [0.25, 0.3) is 10.2 Å². The van der Waals surface area contributed by atoms with E-state index in [1.807, 2.05) is 0 Å². The summed E-state index contributed by atoms with van der Waals surface area (Å²) in [6.45, 7) is 7.18. The van der Waals surface area contributed by atoms with Crippen molar-refractivity contribution in [3.8, 4) is 0 Å². The first-order chi connectivity index (χ1) is 13.2. The number of nitrogens with one attached hydrogen (secondary N) is 2. The Balaban J connectivity index is 1.78. The van der Waals surface area contributed by atoms with Crippen molar-refractivity contribution >= 4 is 39.5 Å². The van der Waals surface area contributed by atoms with Crippen molar-refractivity contribution in [2.75, 3.05) is 0 Å². The number of aromatic nitrogens is 2. The van der Waals surface area contributed by atoms with E-state index in [4.69, 9.17) is 4.74 Å². The fourth-order valence-corrected chi connectivity index (χ4v) is 4.12. The Hall–Kier alpha value is -2.75. The number of carbonyl (C=O) groups excluding carboxylic acids is 3. The topological polar surface area (TPSA) is 119 Å². The van der Waals surface area contributed by atoms with Gasteiger partial charge in [0.2, 0.25) is 0 Å². The van der Waals surface area contributed by atoms with E-state index in [0.29, 0.717) is 22.3 Å². The number of hydrogen-bond donors (Lipinski definition) is 2. The van der Waals surface area contributed by atoms with Gasteiger partial charge in [-0.2, -0.15) is 0 Å². The molecule has 0 fully saturated rings. The van der Waals surface area contributed by atoms with Gasteiger partial charge in [0, 0.05) is 19.0 Å². The number of amides is 3. The summed E-state index contributed by atoms with van der Waals surface area (Å²) in [5.74, 6) is -0.734. The fraction of sp³-hybridized carbons (Fsp3) is 0.500. The molecule has 0 spiro atoms. The number of ether oxygens (including phenoxy) is 1. The second kappa shape index (κ2) is 7.70. The lowest BCUT2D eigenvalue weighted by atomic mass is 10.2. The van der Waals surface area contributed by atoms with Crippen molar-refractivity contribution in [1.82, 2.24) is 20.2 Å². The Labute approximate surface area is 165 Å². The van der Waals surface area contributed by atoms with Crippen molar-refractivity contribution in [2.45, 2.75) is 59.2 Å². The summed E-state index contributed by atoms with van der Waals surface area (Å²) in [6, 6.07) is -0.798. The summed E-state index contributed by atoms with van der Waals surface area (Å²) in [4.78, 5) is 54.1. The molecule has 0 bridgehead atoms. The number of hydrogen-bond acceptors (Lipinski definition) is 7. The molecule has 0 saturated carbocycles. The van der Waals surface area contributed by atoms with Gasteiger partial charge < -0.3 is 10.1 Å². The zero-order valence-electron chi connectivity index (χ0n) is 16.1. The number of imide groups is 1. The van der Waals surface area contributed by atoms with Gasteiger partial charge in [-0.05, 0) is 39.7 Å². The fourth-order valence-electron chi connectivity index (χ4n) is 3.05. The van der Waals surface area contributed by atoms with Crippen molar-refractivity contribution in [3.63, 3.8) is 0 Å². The summed E-state index contributed by atoms with van der Waals surface area (Å²) in [7, 11) is 0. The van der Waals surface area contributed by atoms with Gasteiger partial charge in [0.15, 0.2) is 6.10 Å². The molecule has 1 aliphatic heterocycles. The van der Waals surface area contributed by atoms with Gasteiger partial charge in [-0.1, -0.05) is 0 Å². The average molecular weight is 406 g/mol. The van der Waals surface area contributed by atoms with Crippen molar-refractivity contribution in [3.05, 3.63) is 26.6 Å². The third-order valence-electron chi connectivity index (χ3n) is 4.41. The highest BCUT2D eigenvalue weighted by Gasteiger charge is 2.27. The molecule has 0 saturated heterocycles. The standard InChI is InChI=1S/C18H22N4O5S/c1-8(2)19-18(26)21-14(23)10(4)27-17(25)13-9(3)12-15(28-13)20-11-6-5-7-22(11)16(12)24/h8,10H,5-7H2,1-4H3,(H2,19,21,23,26). The summed E-state index contributed by atoms with van der Waals surface area (Å²) >= 11 is 1.08. The van der Waals surface area contributed by atoms with E-state index in [-0.39, 0.29) is 16.5 Å². The first-order valence-electron chi connectivity index (χ1n) is 9.04. The van der Waals surface area contributed by atoms with E-state index >= 15 is 0 Å². The Bertz CT molecular complexity index is 1020. The summed E-state index contributed by atoms with van der Waals surface area (Å²) in [5, 5.41) is 5.05. The van der Waals surface area contributed by atoms with Gasteiger partial charge in [0.05, 0.1) is 5.39 Å². The molecule has 2 aromatic heterocycles. The van der Waals surface area contributed by atoms with Crippen LogP contribution in [0.4, 0.5) is 4.79 Å². The zero-order chi connectivity index (χ0) is 20.6. The number of thiophene rings is 1. The molecule has 28 heavy (non-hydrogen) atoms. The first kappa shape index (κ1) is 20.0. The van der Waals surface area contributed by atoms with E-state index < -0.39 is 24.0 Å². The summed E-state index contributed by atoms with van der Waals surface area (Å²) < 4.78 is 6.84. The predicted molar refractivity (Wildman–Crippen MR) is 104 cm³/mol. The van der Waals surface area contributed by atoms with Gasteiger partial charge >= 0.3 is 12.0 Å². The summed E-state index contributed by atoms with van der Waals surface area (Å²) in [6.07, 6.45) is 0.441. The molecule has 3 heterocycles. The molecule has 9 nitrogen and oxygen atoms in total. The smallest absolute Gasteiger partial charge is 0.349 e. The second-order valence-corrected chi connectivity index (χ2v) is 7.99. The lowest BCUT2D eigenvalue weighted by Gasteiger charge is -2.14. The average Bonchev–Trinajstić information content (AvgIpc) is 3.19. The maximum Gasteiger partial charge on any atom is 0.349 e. The van der Waals surface area contributed by atoms with Crippen LogP contribution in [-0.4, -0.2) is 39.6 Å². The van der Waals surface area contributed by atoms with Crippen molar-refractivity contribution < 1.29 is 19.1 Å². The van der Waals surface area contributed by atoms with Crippen LogP contribution in [0.2, 0.25) is 0 Å². The Kier molecular flexibility index (Phi) is 5.50. The minimum atomic E-state index is -1.17. The number of rotatable bonds is 4. The van der Waals surface area contributed by atoms with E-state index in [1.54, 1.807) is 25.3 Å². The summed E-state index contributed by atoms with van der Waals surface area (Å²) in [5.41, 5.74) is 0.344. The van der Waals surface area contributed by atoms with Gasteiger partial charge in [0.1, 0.15) is 15.5 Å². The first-order valence-corrected chi connectivity index (χ1v) is 9.85. The van der Waals surface area contributed by atoms with Gasteiger partial charge in [-0.25, -0.2) is 14.6 Å². The minimum Gasteiger partial charge on any atom is -0.448 e. The molecular formula is C18H22N4O5S. The molecule has 2 aromatic rings. The number of esters is 1. The lowest BCUT2D eigenvalue weighted by Crippen LogP contribution is -2.46. The Morgan fingerprint density at radius 2 is 1.96 bits per heavy atom. The Morgan fingerprint density at radius 3 is 2.64 bits per heavy atom. The lowest BCUT2D eigenvalue weighted by molar-refractivity contribution is -0.127. The normalized spacial score (nSPS) is 14.0. The monoisotopic (exact) mass is 406 g/mol. The number of urea groups is 1. The maximum absolute atomic E-state index is 12.7. The highest BCUT2D eigenvalue weighted by molar-refractivity contribution is 7.20. The minimum absolute atomic E-state index is 0.139. The van der Waals surface area contributed by atoms with Gasteiger partial charge in [-0.15, -0.1) is 11.3 Å². The molecule has 1 aliphatic rings. The van der Waals surface area contributed by atoms with Crippen LogP contribution in [0.15, 0.2) is 4.79 Å². The van der Waals surface area contributed by atoms with E-state index in [2.05, 4.69) is 15.6 Å². The third kappa shape index (κ3) is 3.77.